The Bertz CT molecular complexity index is 799. The van der Waals surface area contributed by atoms with E-state index in [1.54, 1.807) is 4.90 Å². The molecule has 3 rings (SSSR count). The highest BCUT2D eigenvalue weighted by molar-refractivity contribution is 5.94. The second-order valence-corrected chi connectivity index (χ2v) is 7.75. The number of hydrogen-bond acceptors (Lipinski definition) is 3. The Balaban J connectivity index is 0.00000261. The van der Waals surface area contributed by atoms with Crippen LogP contribution in [0.25, 0.3) is 5.69 Å². The summed E-state index contributed by atoms with van der Waals surface area (Å²) in [4.78, 5) is 14.8. The SMILES string of the molecule is Cc1ccccc1-n1nc(C(=O)N(C)CCC(N)C(C)C)c2c1CCC2.Cl. The third-order valence-electron chi connectivity index (χ3n) is 5.48. The highest BCUT2D eigenvalue weighted by Crippen LogP contribution is 2.29. The zero-order chi connectivity index (χ0) is 18.8. The number of hydrogen-bond donors (Lipinski definition) is 1. The number of halogens is 1. The van der Waals surface area contributed by atoms with Gasteiger partial charge in [0, 0.05) is 30.9 Å². The van der Waals surface area contributed by atoms with E-state index in [9.17, 15) is 4.79 Å². The van der Waals surface area contributed by atoms with Crippen molar-refractivity contribution in [3.05, 3.63) is 46.8 Å². The van der Waals surface area contributed by atoms with Crippen molar-refractivity contribution in [1.29, 1.82) is 0 Å². The van der Waals surface area contributed by atoms with Crippen molar-refractivity contribution < 1.29 is 4.79 Å². The summed E-state index contributed by atoms with van der Waals surface area (Å²) in [5.74, 6) is 0.425. The molecule has 1 unspecified atom stereocenters. The molecule has 1 atom stereocenters. The molecule has 0 saturated heterocycles. The van der Waals surface area contributed by atoms with Gasteiger partial charge in [-0.05, 0) is 50.2 Å². The fourth-order valence-corrected chi connectivity index (χ4v) is 3.57. The van der Waals surface area contributed by atoms with Crippen LogP contribution in [-0.2, 0) is 12.8 Å². The van der Waals surface area contributed by atoms with Gasteiger partial charge >= 0.3 is 0 Å². The fraction of sp³-hybridized carbons (Fsp3) is 0.524. The van der Waals surface area contributed by atoms with Gasteiger partial charge in [-0.3, -0.25) is 4.79 Å². The van der Waals surface area contributed by atoms with Crippen LogP contribution < -0.4 is 5.73 Å². The zero-order valence-corrected chi connectivity index (χ0v) is 17.6. The number of rotatable bonds is 6. The van der Waals surface area contributed by atoms with Gasteiger partial charge in [0.2, 0.25) is 0 Å². The lowest BCUT2D eigenvalue weighted by atomic mass is 10.0. The first-order chi connectivity index (χ1) is 12.4. The van der Waals surface area contributed by atoms with Crippen LogP contribution in [0.4, 0.5) is 0 Å². The highest BCUT2D eigenvalue weighted by Gasteiger charge is 2.29. The van der Waals surface area contributed by atoms with Gasteiger partial charge in [0.05, 0.1) is 5.69 Å². The monoisotopic (exact) mass is 390 g/mol. The van der Waals surface area contributed by atoms with Crippen LogP contribution in [0.3, 0.4) is 0 Å². The van der Waals surface area contributed by atoms with Gasteiger partial charge in [0.25, 0.3) is 5.91 Å². The lowest BCUT2D eigenvalue weighted by Gasteiger charge is -2.21. The van der Waals surface area contributed by atoms with E-state index >= 15 is 0 Å². The van der Waals surface area contributed by atoms with Crippen LogP contribution in [0.15, 0.2) is 24.3 Å². The van der Waals surface area contributed by atoms with E-state index in [0.29, 0.717) is 18.2 Å². The minimum absolute atomic E-state index is 0. The number of nitrogens with two attached hydrogens (primary N) is 1. The van der Waals surface area contributed by atoms with E-state index in [0.717, 1.165) is 36.9 Å². The van der Waals surface area contributed by atoms with Gasteiger partial charge in [-0.25, -0.2) is 4.68 Å². The topological polar surface area (TPSA) is 64.2 Å². The predicted molar refractivity (Wildman–Crippen MR) is 112 cm³/mol. The first-order valence-corrected chi connectivity index (χ1v) is 9.58. The summed E-state index contributed by atoms with van der Waals surface area (Å²) >= 11 is 0. The molecule has 0 spiro atoms. The Kier molecular flexibility index (Phi) is 7.06. The standard InChI is InChI=1S/C21H30N4O.ClH/c1-14(2)17(22)12-13-24(4)21(26)20-16-9-7-11-19(16)25(23-20)18-10-6-5-8-15(18)3;/h5-6,8,10,14,17H,7,9,11-13,22H2,1-4H3;1H. The van der Waals surface area contributed by atoms with Crippen LogP contribution in [0.1, 0.15) is 54.0 Å². The Labute approximate surface area is 168 Å². The molecule has 148 valence electrons. The summed E-state index contributed by atoms with van der Waals surface area (Å²) in [6.07, 6.45) is 3.80. The smallest absolute Gasteiger partial charge is 0.274 e. The number of aryl methyl sites for hydroxylation is 1. The van der Waals surface area contributed by atoms with E-state index < -0.39 is 0 Å². The molecular formula is C21H31ClN4O. The molecule has 0 radical (unpaired) electrons. The Hall–Kier alpha value is -1.85. The number of para-hydroxylation sites is 1. The van der Waals surface area contributed by atoms with Crippen molar-refractivity contribution in [1.82, 2.24) is 14.7 Å². The molecule has 0 saturated carbocycles. The third kappa shape index (κ3) is 4.36. The molecule has 1 aliphatic rings. The van der Waals surface area contributed by atoms with Gasteiger partial charge in [0.1, 0.15) is 0 Å². The van der Waals surface area contributed by atoms with Crippen molar-refractivity contribution in [3.8, 4) is 5.69 Å². The number of benzene rings is 1. The lowest BCUT2D eigenvalue weighted by molar-refractivity contribution is 0.0782. The number of carbonyl (C=O) groups excluding carboxylic acids is 1. The van der Waals surface area contributed by atoms with Crippen LogP contribution >= 0.6 is 12.4 Å². The maximum Gasteiger partial charge on any atom is 0.274 e. The van der Waals surface area contributed by atoms with Crippen LogP contribution in [0.5, 0.6) is 0 Å². The zero-order valence-electron chi connectivity index (χ0n) is 16.7. The minimum Gasteiger partial charge on any atom is -0.340 e. The van der Waals surface area contributed by atoms with Crippen molar-refractivity contribution in [2.75, 3.05) is 13.6 Å². The van der Waals surface area contributed by atoms with E-state index in [1.807, 2.05) is 23.9 Å². The molecule has 5 nitrogen and oxygen atoms in total. The van der Waals surface area contributed by atoms with Gasteiger partial charge in [0.15, 0.2) is 5.69 Å². The summed E-state index contributed by atoms with van der Waals surface area (Å²) < 4.78 is 1.98. The first kappa shape index (κ1) is 21.5. The highest BCUT2D eigenvalue weighted by atomic mass is 35.5. The van der Waals surface area contributed by atoms with Crippen molar-refractivity contribution >= 4 is 18.3 Å². The average Bonchev–Trinajstić information content (AvgIpc) is 3.21. The van der Waals surface area contributed by atoms with E-state index in [1.165, 1.54) is 11.3 Å². The average molecular weight is 391 g/mol. The van der Waals surface area contributed by atoms with Gasteiger partial charge in [-0.1, -0.05) is 32.0 Å². The molecule has 1 aromatic carbocycles. The third-order valence-corrected chi connectivity index (χ3v) is 5.48. The molecule has 1 heterocycles. The van der Waals surface area contributed by atoms with Crippen LogP contribution in [0, 0.1) is 12.8 Å². The summed E-state index contributed by atoms with van der Waals surface area (Å²) in [7, 11) is 1.85. The predicted octanol–water partition coefficient (Wildman–Crippen LogP) is 3.54. The van der Waals surface area contributed by atoms with E-state index in [2.05, 4.69) is 32.9 Å². The van der Waals surface area contributed by atoms with Crippen molar-refractivity contribution in [3.63, 3.8) is 0 Å². The molecule has 1 aliphatic carbocycles. The first-order valence-electron chi connectivity index (χ1n) is 9.58. The van der Waals surface area contributed by atoms with E-state index in [-0.39, 0.29) is 24.4 Å². The molecule has 2 N–H and O–H groups in total. The second-order valence-electron chi connectivity index (χ2n) is 7.75. The number of aromatic nitrogens is 2. The maximum atomic E-state index is 13.0. The van der Waals surface area contributed by atoms with E-state index in [4.69, 9.17) is 10.8 Å². The molecule has 1 amide bonds. The molecule has 6 heteroatoms. The van der Waals surface area contributed by atoms with Crippen molar-refractivity contribution in [2.45, 2.75) is 52.5 Å². The lowest BCUT2D eigenvalue weighted by Crippen LogP contribution is -2.35. The largest absolute Gasteiger partial charge is 0.340 e. The van der Waals surface area contributed by atoms with Gasteiger partial charge in [-0.15, -0.1) is 12.4 Å². The number of carbonyl (C=O) groups is 1. The van der Waals surface area contributed by atoms with Gasteiger partial charge < -0.3 is 10.6 Å². The Morgan fingerprint density at radius 2 is 2.00 bits per heavy atom. The maximum absolute atomic E-state index is 13.0. The molecule has 2 aromatic rings. The van der Waals surface area contributed by atoms with Gasteiger partial charge in [-0.2, -0.15) is 5.10 Å². The number of amides is 1. The Morgan fingerprint density at radius 3 is 2.67 bits per heavy atom. The van der Waals surface area contributed by atoms with Crippen LogP contribution in [0.2, 0.25) is 0 Å². The summed E-state index contributed by atoms with van der Waals surface area (Å²) in [5.41, 5.74) is 11.3. The second kappa shape index (κ2) is 8.89. The molecule has 27 heavy (non-hydrogen) atoms. The minimum atomic E-state index is 0. The normalized spacial score (nSPS) is 14.0. The summed E-state index contributed by atoms with van der Waals surface area (Å²) in [6, 6.07) is 8.31. The quantitative estimate of drug-likeness (QED) is 0.820. The molecular weight excluding hydrogens is 360 g/mol. The Morgan fingerprint density at radius 1 is 1.30 bits per heavy atom. The molecule has 0 bridgehead atoms. The molecule has 0 fully saturated rings. The summed E-state index contributed by atoms with van der Waals surface area (Å²) in [5, 5.41) is 4.74. The number of nitrogens with zero attached hydrogens (tertiary/aromatic N) is 3. The summed E-state index contributed by atoms with van der Waals surface area (Å²) in [6.45, 7) is 6.97. The molecule has 1 aromatic heterocycles. The van der Waals surface area contributed by atoms with Crippen LogP contribution in [-0.4, -0.2) is 40.2 Å². The fourth-order valence-electron chi connectivity index (χ4n) is 3.57. The van der Waals surface area contributed by atoms with Crippen molar-refractivity contribution in [2.24, 2.45) is 11.7 Å². The molecule has 0 aliphatic heterocycles. The number of fused-ring (bicyclic) bond motifs is 1.